The van der Waals surface area contributed by atoms with E-state index in [1.165, 1.54) is 12.1 Å². The molecular formula is C14H15FN4O3. The van der Waals surface area contributed by atoms with E-state index in [0.717, 1.165) is 12.3 Å². The van der Waals surface area contributed by atoms with Crippen molar-refractivity contribution in [1.29, 1.82) is 0 Å². The number of esters is 1. The molecule has 0 aromatic carbocycles. The van der Waals surface area contributed by atoms with E-state index in [1.807, 2.05) is 0 Å². The van der Waals surface area contributed by atoms with Crippen LogP contribution in [-0.2, 0) is 4.74 Å². The summed E-state index contributed by atoms with van der Waals surface area (Å²) in [7, 11) is 0. The number of ether oxygens (including phenoxy) is 1. The van der Waals surface area contributed by atoms with Crippen molar-refractivity contribution in [2.24, 2.45) is 0 Å². The van der Waals surface area contributed by atoms with Gasteiger partial charge in [0.2, 0.25) is 5.95 Å². The van der Waals surface area contributed by atoms with Crippen molar-refractivity contribution in [2.75, 3.05) is 5.32 Å². The molecule has 7 nitrogen and oxygen atoms in total. The van der Waals surface area contributed by atoms with Crippen LogP contribution in [0.5, 0.6) is 0 Å². The van der Waals surface area contributed by atoms with Gasteiger partial charge in [-0.2, -0.15) is 9.49 Å². The minimum absolute atomic E-state index is 0.113. The number of amides is 1. The third-order valence-corrected chi connectivity index (χ3v) is 2.43. The van der Waals surface area contributed by atoms with Crippen LogP contribution >= 0.6 is 0 Å². The summed E-state index contributed by atoms with van der Waals surface area (Å²) in [5.74, 6) is -1.63. The number of nitrogens with one attached hydrogen (secondary N) is 2. The Labute approximate surface area is 125 Å². The molecular weight excluding hydrogens is 291 g/mol. The third kappa shape index (κ3) is 4.11. The number of hydrogen-bond donors (Lipinski definition) is 2. The Morgan fingerprint density at radius 3 is 2.64 bits per heavy atom. The van der Waals surface area contributed by atoms with Gasteiger partial charge in [0.1, 0.15) is 11.3 Å². The van der Waals surface area contributed by atoms with E-state index in [4.69, 9.17) is 4.74 Å². The lowest BCUT2D eigenvalue weighted by molar-refractivity contribution is 0.00627. The first-order valence-corrected chi connectivity index (χ1v) is 6.46. The maximum atomic E-state index is 12.7. The summed E-state index contributed by atoms with van der Waals surface area (Å²) in [6.07, 6.45) is 1.10. The van der Waals surface area contributed by atoms with Crippen LogP contribution in [0.4, 0.5) is 10.2 Å². The number of pyridine rings is 1. The van der Waals surface area contributed by atoms with E-state index < -0.39 is 23.4 Å². The fourth-order valence-electron chi connectivity index (χ4n) is 1.52. The van der Waals surface area contributed by atoms with Gasteiger partial charge in [0, 0.05) is 12.3 Å². The number of hydrogen-bond acceptors (Lipinski definition) is 5. The largest absolute Gasteiger partial charge is 0.455 e. The van der Waals surface area contributed by atoms with Gasteiger partial charge in [-0.05, 0) is 32.9 Å². The summed E-state index contributed by atoms with van der Waals surface area (Å²) < 4.78 is 17.9. The highest BCUT2D eigenvalue weighted by Gasteiger charge is 2.20. The molecule has 0 aliphatic carbocycles. The summed E-state index contributed by atoms with van der Waals surface area (Å²) in [6.45, 7) is 5.22. The van der Waals surface area contributed by atoms with E-state index in [0.29, 0.717) is 0 Å². The van der Waals surface area contributed by atoms with Gasteiger partial charge in [0.05, 0.1) is 5.56 Å². The van der Waals surface area contributed by atoms with Crippen LogP contribution in [0.15, 0.2) is 24.4 Å². The van der Waals surface area contributed by atoms with Crippen molar-refractivity contribution < 1.29 is 18.7 Å². The molecule has 2 aromatic rings. The van der Waals surface area contributed by atoms with E-state index >= 15 is 0 Å². The van der Waals surface area contributed by atoms with Gasteiger partial charge in [-0.15, -0.1) is 0 Å². The molecule has 1 amide bonds. The topological polar surface area (TPSA) is 97.0 Å². The van der Waals surface area contributed by atoms with Gasteiger partial charge in [0.15, 0.2) is 5.82 Å². The molecule has 0 atom stereocenters. The van der Waals surface area contributed by atoms with Gasteiger partial charge in [0.25, 0.3) is 5.91 Å². The third-order valence-electron chi connectivity index (χ3n) is 2.43. The van der Waals surface area contributed by atoms with Gasteiger partial charge in [-0.1, -0.05) is 0 Å². The van der Waals surface area contributed by atoms with Crippen molar-refractivity contribution in [3.05, 3.63) is 41.6 Å². The van der Waals surface area contributed by atoms with E-state index in [9.17, 15) is 14.0 Å². The number of nitrogens with zero attached hydrogens (tertiary/aromatic N) is 2. The quantitative estimate of drug-likeness (QED) is 0.669. The van der Waals surface area contributed by atoms with Crippen molar-refractivity contribution >= 4 is 17.7 Å². The number of rotatable bonds is 3. The highest BCUT2D eigenvalue weighted by molar-refractivity contribution is 6.04. The van der Waals surface area contributed by atoms with Crippen molar-refractivity contribution in [3.8, 4) is 0 Å². The zero-order chi connectivity index (χ0) is 16.3. The molecule has 0 aliphatic rings. The molecule has 0 spiro atoms. The van der Waals surface area contributed by atoms with Crippen LogP contribution in [0.3, 0.4) is 0 Å². The minimum Gasteiger partial charge on any atom is -0.455 e. The number of halogens is 1. The zero-order valence-corrected chi connectivity index (χ0v) is 12.3. The predicted molar refractivity (Wildman–Crippen MR) is 75.9 cm³/mol. The van der Waals surface area contributed by atoms with Crippen LogP contribution in [0.1, 0.15) is 41.6 Å². The number of anilines is 1. The first-order valence-electron chi connectivity index (χ1n) is 6.46. The maximum absolute atomic E-state index is 12.7. The fourth-order valence-corrected chi connectivity index (χ4v) is 1.52. The molecule has 0 radical (unpaired) electrons. The first kappa shape index (κ1) is 15.6. The Balaban J connectivity index is 2.04. The van der Waals surface area contributed by atoms with Gasteiger partial charge < -0.3 is 10.1 Å². The normalized spacial score (nSPS) is 11.1. The van der Waals surface area contributed by atoms with Crippen LogP contribution in [0.2, 0.25) is 0 Å². The number of H-pyrrole nitrogens is 1. The lowest BCUT2D eigenvalue weighted by atomic mass is 10.2. The van der Waals surface area contributed by atoms with Crippen molar-refractivity contribution in [3.63, 3.8) is 0 Å². The summed E-state index contributed by atoms with van der Waals surface area (Å²) in [4.78, 5) is 27.1. The first-order chi connectivity index (χ1) is 10.2. The molecule has 0 saturated carbocycles. The van der Waals surface area contributed by atoms with Crippen LogP contribution in [0, 0.1) is 5.95 Å². The van der Waals surface area contributed by atoms with Crippen LogP contribution in [0.25, 0.3) is 0 Å². The summed E-state index contributed by atoms with van der Waals surface area (Å²) in [5, 5.41) is 8.74. The fraction of sp³-hybridized carbons (Fsp3) is 0.286. The van der Waals surface area contributed by atoms with E-state index in [2.05, 4.69) is 20.5 Å². The molecule has 2 N–H and O–H groups in total. The number of carbonyl (C=O) groups is 2. The lowest BCUT2D eigenvalue weighted by Crippen LogP contribution is -2.24. The van der Waals surface area contributed by atoms with Gasteiger partial charge >= 0.3 is 5.97 Å². The molecule has 116 valence electrons. The van der Waals surface area contributed by atoms with Gasteiger partial charge in [-0.3, -0.25) is 9.89 Å². The van der Waals surface area contributed by atoms with Gasteiger partial charge in [-0.25, -0.2) is 9.78 Å². The number of aromatic amines is 1. The highest BCUT2D eigenvalue weighted by Crippen LogP contribution is 2.13. The molecule has 8 heteroatoms. The summed E-state index contributed by atoms with van der Waals surface area (Å²) >= 11 is 0. The number of carbonyl (C=O) groups excluding carboxylic acids is 2. The maximum Gasteiger partial charge on any atom is 0.356 e. The van der Waals surface area contributed by atoms with Crippen molar-refractivity contribution in [2.45, 2.75) is 26.4 Å². The smallest absolute Gasteiger partial charge is 0.356 e. The Morgan fingerprint density at radius 2 is 2.05 bits per heavy atom. The Hall–Kier alpha value is -2.77. The van der Waals surface area contributed by atoms with Crippen molar-refractivity contribution in [1.82, 2.24) is 15.2 Å². The van der Waals surface area contributed by atoms with Crippen LogP contribution in [-0.4, -0.2) is 32.7 Å². The molecule has 0 bridgehead atoms. The molecule has 22 heavy (non-hydrogen) atoms. The highest BCUT2D eigenvalue weighted by atomic mass is 19.1. The minimum atomic E-state index is -0.677. The summed E-state index contributed by atoms with van der Waals surface area (Å²) in [6, 6.07) is 3.72. The second-order valence-electron chi connectivity index (χ2n) is 5.49. The van der Waals surface area contributed by atoms with E-state index in [1.54, 1.807) is 20.8 Å². The lowest BCUT2D eigenvalue weighted by Gasteiger charge is -2.18. The van der Waals surface area contributed by atoms with Crippen LogP contribution < -0.4 is 5.32 Å². The SMILES string of the molecule is CC(C)(C)OC(=O)c1cc(NC(=O)c2ccc(F)nc2)n[nH]1. The standard InChI is InChI=1S/C14H15FN4O3/c1-14(2,3)22-13(21)9-6-11(19-18-9)17-12(20)8-4-5-10(15)16-7-8/h4-7H,1-3H3,(H2,17,18,19,20). The molecule has 0 saturated heterocycles. The molecule has 0 unspecified atom stereocenters. The number of aromatic nitrogens is 3. The Bertz CT molecular complexity index is 689. The van der Waals surface area contributed by atoms with E-state index in [-0.39, 0.29) is 17.1 Å². The Kier molecular flexibility index (Phi) is 4.20. The Morgan fingerprint density at radius 1 is 1.32 bits per heavy atom. The summed E-state index contributed by atoms with van der Waals surface area (Å²) in [5.41, 5.74) is -0.351. The average molecular weight is 306 g/mol. The molecule has 2 heterocycles. The monoisotopic (exact) mass is 306 g/mol. The molecule has 0 aliphatic heterocycles. The molecule has 2 rings (SSSR count). The second-order valence-corrected chi connectivity index (χ2v) is 5.49. The second kappa shape index (κ2) is 5.92. The molecule has 0 fully saturated rings. The average Bonchev–Trinajstić information content (AvgIpc) is 2.86. The predicted octanol–water partition coefficient (Wildman–Crippen LogP) is 2.15. The molecule has 2 aromatic heterocycles. The zero-order valence-electron chi connectivity index (χ0n) is 12.3.